The number of nitrogens with zero attached hydrogens (tertiary/aromatic N) is 1. The van der Waals surface area contributed by atoms with E-state index in [-0.39, 0.29) is 18.1 Å². The summed E-state index contributed by atoms with van der Waals surface area (Å²) in [6.07, 6.45) is 11.7. The highest BCUT2D eigenvalue weighted by Gasteiger charge is 2.34. The van der Waals surface area contributed by atoms with Crippen molar-refractivity contribution in [2.24, 2.45) is 0 Å². The number of aliphatic hydroxyl groups excluding tert-OH is 1. The molecule has 0 aliphatic heterocycles. The fourth-order valence-corrected chi connectivity index (χ4v) is 4.97. The van der Waals surface area contributed by atoms with Gasteiger partial charge in [0, 0.05) is 12.8 Å². The molecule has 10 heteroatoms. The van der Waals surface area contributed by atoms with Crippen molar-refractivity contribution in [1.29, 1.82) is 0 Å². The lowest BCUT2D eigenvalue weighted by atomic mass is 10.0. The van der Waals surface area contributed by atoms with E-state index in [9.17, 15) is 19.4 Å². The average molecular weight is 568 g/mol. The number of hydrogen-bond donors (Lipinski definition) is 1. The van der Waals surface area contributed by atoms with Crippen molar-refractivity contribution in [2.75, 3.05) is 40.9 Å². The van der Waals surface area contributed by atoms with Gasteiger partial charge in [-0.05, 0) is 25.1 Å². The summed E-state index contributed by atoms with van der Waals surface area (Å²) in [5.74, 6) is -0.429. The molecule has 3 atom stereocenters. The first kappa shape index (κ1) is 36.6. The number of aliphatic hydroxyl groups is 1. The first-order chi connectivity index (χ1) is 17.5. The third-order valence-electron chi connectivity index (χ3n) is 6.13. The van der Waals surface area contributed by atoms with E-state index in [1.54, 1.807) is 0 Å². The lowest BCUT2D eigenvalue weighted by Crippen LogP contribution is -2.42. The Hall–Kier alpha value is -0.410. The van der Waals surface area contributed by atoms with Crippen LogP contribution in [0.15, 0.2) is 0 Å². The highest BCUT2D eigenvalue weighted by Crippen LogP contribution is 2.41. The Kier molecular flexibility index (Phi) is 21.2. The second kappa shape index (κ2) is 21.4. The van der Waals surface area contributed by atoms with Gasteiger partial charge in [0.15, 0.2) is 23.0 Å². The van der Waals surface area contributed by atoms with Crippen LogP contribution in [0.1, 0.15) is 110 Å². The fraction of sp³-hybridized carbons (Fsp3) is 0.926. The van der Waals surface area contributed by atoms with Crippen molar-refractivity contribution < 1.29 is 37.6 Å². The molecule has 0 amide bonds. The van der Waals surface area contributed by atoms with Crippen LogP contribution in [0.4, 0.5) is 0 Å². The normalized spacial score (nSPS) is 15.2. The maximum absolute atomic E-state index is 13.1. The van der Waals surface area contributed by atoms with Gasteiger partial charge in [0.2, 0.25) is 0 Å². The van der Waals surface area contributed by atoms with E-state index < -0.39 is 32.4 Å². The van der Waals surface area contributed by atoms with Crippen molar-refractivity contribution in [3.63, 3.8) is 0 Å². The predicted molar refractivity (Wildman–Crippen MR) is 151 cm³/mol. The van der Waals surface area contributed by atoms with E-state index in [0.717, 1.165) is 38.5 Å². The van der Waals surface area contributed by atoms with Crippen molar-refractivity contribution in [2.45, 2.75) is 122 Å². The maximum atomic E-state index is 13.1. The van der Waals surface area contributed by atoms with E-state index in [2.05, 4.69) is 13.8 Å². The number of phosphoric acid groups is 1. The minimum Gasteiger partial charge on any atom is -0.756 e. The van der Waals surface area contributed by atoms with Crippen LogP contribution in [0.3, 0.4) is 0 Å². The number of hydrogen-bond acceptors (Lipinski definition) is 8. The van der Waals surface area contributed by atoms with Crippen molar-refractivity contribution >= 4 is 30.9 Å². The van der Waals surface area contributed by atoms with E-state index >= 15 is 0 Å². The fourth-order valence-electron chi connectivity index (χ4n) is 3.80. The van der Waals surface area contributed by atoms with E-state index in [0.29, 0.717) is 23.9 Å². The number of Topliss-reactive ketones (excluding diaryl/α,β-unsaturated/α-hetero) is 1. The Balaban J connectivity index is 5.06. The number of carbonyl (C=O) groups excluding carboxylic acids is 1. The molecule has 220 valence electrons. The molecule has 0 aromatic heterocycles. The number of likely N-dealkylation sites (N-methyl/N-ethyl adjacent to an activating group) is 1. The minimum atomic E-state index is -4.81. The highest BCUT2D eigenvalue weighted by atomic mass is 32.1. The van der Waals surface area contributed by atoms with Gasteiger partial charge < -0.3 is 28.3 Å². The van der Waals surface area contributed by atoms with E-state index in [1.807, 2.05) is 21.1 Å². The zero-order valence-corrected chi connectivity index (χ0v) is 25.8. The standard InChI is InChI=1S/C27H54NO7PS/c1-6-8-10-12-14-15-17-19-24(30)27(35-36(31,32)33-22-21-28(3,4)5)25(23-29)34-26(37)20-18-16-13-11-9-7-2/h25,27,29H,6-23H2,1-5H3/t25-,27?/m0/s1. The van der Waals surface area contributed by atoms with Gasteiger partial charge >= 0.3 is 0 Å². The SMILES string of the molecule is CCCCCCCCCC(=O)C(OP(=O)([O-])OCC[N+](C)(C)C)[C@H](CO)OC(=S)CCCCCCCC. The van der Waals surface area contributed by atoms with Crippen LogP contribution in [0.2, 0.25) is 0 Å². The Labute approximate surface area is 231 Å². The van der Waals surface area contributed by atoms with Crippen molar-refractivity contribution in [3.05, 3.63) is 0 Å². The molecule has 0 bridgehead atoms. The molecule has 0 heterocycles. The summed E-state index contributed by atoms with van der Waals surface area (Å²) in [5, 5.41) is 10.2. The lowest BCUT2D eigenvalue weighted by Gasteiger charge is -2.32. The minimum absolute atomic E-state index is 0.0793. The smallest absolute Gasteiger partial charge is 0.268 e. The third-order valence-corrected chi connectivity index (χ3v) is 7.42. The van der Waals surface area contributed by atoms with Crippen LogP contribution in [0, 0.1) is 0 Å². The summed E-state index contributed by atoms with van der Waals surface area (Å²) in [6.45, 7) is 4.10. The molecule has 0 saturated heterocycles. The number of carbonyl (C=O) groups is 1. The molecule has 0 fully saturated rings. The van der Waals surface area contributed by atoms with Crippen LogP contribution in [-0.2, 0) is 23.1 Å². The van der Waals surface area contributed by atoms with E-state index in [4.69, 9.17) is 26.0 Å². The number of quaternary nitrogens is 1. The average Bonchev–Trinajstić information content (AvgIpc) is 2.81. The molecule has 0 rings (SSSR count). The molecule has 1 N–H and O–H groups in total. The number of rotatable bonds is 25. The van der Waals surface area contributed by atoms with Gasteiger partial charge in [0.05, 0.1) is 27.7 Å². The molecule has 0 aromatic rings. The lowest BCUT2D eigenvalue weighted by molar-refractivity contribution is -0.870. The summed E-state index contributed by atoms with van der Waals surface area (Å²) < 4.78 is 29.0. The van der Waals surface area contributed by atoms with Gasteiger partial charge in [-0.3, -0.25) is 9.36 Å². The number of unbranched alkanes of at least 4 members (excludes halogenated alkanes) is 11. The van der Waals surface area contributed by atoms with Crippen LogP contribution in [-0.4, -0.2) is 73.5 Å². The van der Waals surface area contributed by atoms with E-state index in [1.165, 1.54) is 38.5 Å². The van der Waals surface area contributed by atoms with Gasteiger partial charge in [-0.1, -0.05) is 84.5 Å². The maximum Gasteiger partial charge on any atom is 0.268 e. The second-order valence-corrected chi connectivity index (χ2v) is 12.7. The molecular formula is C27H54NO7PS. The zero-order chi connectivity index (χ0) is 28.2. The van der Waals surface area contributed by atoms with Crippen LogP contribution in [0.5, 0.6) is 0 Å². The number of ketones is 1. The molecule has 0 saturated carbocycles. The van der Waals surface area contributed by atoms with Crippen LogP contribution in [0.25, 0.3) is 0 Å². The van der Waals surface area contributed by atoms with Gasteiger partial charge in [0.25, 0.3) is 7.82 Å². The van der Waals surface area contributed by atoms with Crippen LogP contribution < -0.4 is 4.89 Å². The van der Waals surface area contributed by atoms with Gasteiger partial charge in [-0.25, -0.2) is 0 Å². The number of thiocarbonyl (C=S) groups is 1. The number of ether oxygens (including phenoxy) is 1. The quantitative estimate of drug-likeness (QED) is 0.0646. The van der Waals surface area contributed by atoms with Gasteiger partial charge in [0.1, 0.15) is 13.2 Å². The Morgan fingerprint density at radius 3 is 1.86 bits per heavy atom. The summed E-state index contributed by atoms with van der Waals surface area (Å²) in [5.41, 5.74) is 0. The Morgan fingerprint density at radius 1 is 0.892 bits per heavy atom. The molecule has 0 aliphatic carbocycles. The molecule has 0 spiro atoms. The molecule has 2 unspecified atom stereocenters. The predicted octanol–water partition coefficient (Wildman–Crippen LogP) is 5.73. The molecule has 0 aliphatic rings. The van der Waals surface area contributed by atoms with Gasteiger partial charge in [-0.2, -0.15) is 0 Å². The molecule has 0 aromatic carbocycles. The topological polar surface area (TPSA) is 105 Å². The van der Waals surface area contributed by atoms with Crippen molar-refractivity contribution in [3.8, 4) is 0 Å². The van der Waals surface area contributed by atoms with Crippen molar-refractivity contribution in [1.82, 2.24) is 0 Å². The van der Waals surface area contributed by atoms with Gasteiger partial charge in [-0.15, -0.1) is 0 Å². The Bertz CT molecular complexity index is 657. The summed E-state index contributed by atoms with van der Waals surface area (Å²) in [7, 11) is 0.926. The number of phosphoric ester groups is 1. The summed E-state index contributed by atoms with van der Waals surface area (Å²) >= 11 is 5.33. The first-order valence-electron chi connectivity index (χ1n) is 14.2. The first-order valence-corrected chi connectivity index (χ1v) is 16.1. The molecule has 0 radical (unpaired) electrons. The largest absolute Gasteiger partial charge is 0.756 e. The zero-order valence-electron chi connectivity index (χ0n) is 24.1. The van der Waals surface area contributed by atoms with Crippen LogP contribution >= 0.6 is 20.0 Å². The monoisotopic (exact) mass is 567 g/mol. The Morgan fingerprint density at radius 2 is 1.38 bits per heavy atom. The summed E-state index contributed by atoms with van der Waals surface area (Å²) in [6, 6.07) is 0. The molecule has 8 nitrogen and oxygen atoms in total. The highest BCUT2D eigenvalue weighted by molar-refractivity contribution is 7.80. The third kappa shape index (κ3) is 21.1. The molecule has 37 heavy (non-hydrogen) atoms. The summed E-state index contributed by atoms with van der Waals surface area (Å²) in [4.78, 5) is 25.6. The molecular weight excluding hydrogens is 513 g/mol. The second-order valence-electron chi connectivity index (χ2n) is 10.9.